The maximum absolute atomic E-state index is 11.0. The zero-order valence-electron chi connectivity index (χ0n) is 8.59. The first kappa shape index (κ1) is 12.6. The van der Waals surface area contributed by atoms with Crippen molar-refractivity contribution in [3.8, 4) is 0 Å². The predicted octanol–water partition coefficient (Wildman–Crippen LogP) is 0.477. The standard InChI is InChI=1S/C9H13NO6/c11-7(12)5-6(8(13)14)9(10-15)1-3-16-4-2-9/h6H,1-5H2,(H,11,12)(H,13,14). The fourth-order valence-corrected chi connectivity index (χ4v) is 1.91. The minimum absolute atomic E-state index is 0.154. The Morgan fingerprint density at radius 1 is 1.31 bits per heavy atom. The number of hydrogen-bond donors (Lipinski definition) is 2. The average Bonchev–Trinajstić information content (AvgIpc) is 2.26. The van der Waals surface area contributed by atoms with Gasteiger partial charge >= 0.3 is 11.9 Å². The molecule has 1 unspecified atom stereocenters. The molecule has 16 heavy (non-hydrogen) atoms. The number of hydrogen-bond acceptors (Lipinski definition) is 5. The van der Waals surface area contributed by atoms with Crippen molar-refractivity contribution in [2.45, 2.75) is 24.8 Å². The summed E-state index contributed by atoms with van der Waals surface area (Å²) in [5.74, 6) is -3.84. The van der Waals surface area contributed by atoms with Crippen molar-refractivity contribution in [2.75, 3.05) is 13.2 Å². The van der Waals surface area contributed by atoms with E-state index in [1.54, 1.807) is 0 Å². The molecule has 0 aliphatic carbocycles. The second kappa shape index (κ2) is 5.02. The Morgan fingerprint density at radius 3 is 2.25 bits per heavy atom. The van der Waals surface area contributed by atoms with Crippen molar-refractivity contribution in [1.82, 2.24) is 0 Å². The van der Waals surface area contributed by atoms with Crippen LogP contribution < -0.4 is 0 Å². The van der Waals surface area contributed by atoms with E-state index in [4.69, 9.17) is 14.9 Å². The number of rotatable bonds is 5. The molecule has 7 nitrogen and oxygen atoms in total. The summed E-state index contributed by atoms with van der Waals surface area (Å²) in [5.41, 5.74) is -1.34. The predicted molar refractivity (Wildman–Crippen MR) is 52.0 cm³/mol. The highest BCUT2D eigenvalue weighted by Crippen LogP contribution is 2.35. The van der Waals surface area contributed by atoms with E-state index < -0.39 is 29.8 Å². The molecule has 1 aliphatic heterocycles. The molecule has 0 radical (unpaired) electrons. The second-order valence-electron chi connectivity index (χ2n) is 3.80. The summed E-state index contributed by atoms with van der Waals surface area (Å²) in [6.45, 7) is 0.463. The Labute approximate surface area is 91.4 Å². The van der Waals surface area contributed by atoms with Crippen LogP contribution in [0.5, 0.6) is 0 Å². The number of ether oxygens (including phenoxy) is 1. The molecule has 1 atom stereocenters. The van der Waals surface area contributed by atoms with Crippen molar-refractivity contribution < 1.29 is 24.5 Å². The summed E-state index contributed by atoms with van der Waals surface area (Å²) in [6.07, 6.45) is -0.289. The quantitative estimate of drug-likeness (QED) is 0.665. The van der Waals surface area contributed by atoms with Crippen molar-refractivity contribution in [1.29, 1.82) is 0 Å². The molecule has 0 spiro atoms. The van der Waals surface area contributed by atoms with E-state index in [9.17, 15) is 14.5 Å². The van der Waals surface area contributed by atoms with Crippen LogP contribution in [0.1, 0.15) is 19.3 Å². The van der Waals surface area contributed by atoms with Crippen molar-refractivity contribution in [3.05, 3.63) is 4.91 Å². The Hall–Kier alpha value is -1.50. The first-order chi connectivity index (χ1) is 7.52. The Morgan fingerprint density at radius 2 is 1.88 bits per heavy atom. The molecule has 1 fully saturated rings. The van der Waals surface area contributed by atoms with E-state index in [2.05, 4.69) is 5.18 Å². The molecule has 7 heteroatoms. The van der Waals surface area contributed by atoms with Gasteiger partial charge in [-0.1, -0.05) is 5.18 Å². The smallest absolute Gasteiger partial charge is 0.309 e. The van der Waals surface area contributed by atoms with Gasteiger partial charge in [0.2, 0.25) is 0 Å². The number of carboxylic acid groups (broad SMARTS) is 2. The summed E-state index contributed by atoms with van der Waals surface area (Å²) >= 11 is 0. The maximum Gasteiger partial charge on any atom is 0.309 e. The third kappa shape index (κ3) is 2.54. The lowest BCUT2D eigenvalue weighted by molar-refractivity contribution is -0.152. The third-order valence-corrected chi connectivity index (χ3v) is 2.87. The van der Waals surface area contributed by atoms with Gasteiger partial charge in [0.15, 0.2) is 0 Å². The molecule has 1 saturated heterocycles. The molecule has 0 amide bonds. The van der Waals surface area contributed by atoms with Gasteiger partial charge in [-0.3, -0.25) is 9.59 Å². The summed E-state index contributed by atoms with van der Waals surface area (Å²) in [6, 6.07) is 0. The van der Waals surface area contributed by atoms with Gasteiger partial charge in [-0.05, 0) is 0 Å². The first-order valence-corrected chi connectivity index (χ1v) is 4.89. The van der Waals surface area contributed by atoms with Crippen LogP contribution in [0.2, 0.25) is 0 Å². The van der Waals surface area contributed by atoms with Gasteiger partial charge in [-0.25, -0.2) is 0 Å². The van der Waals surface area contributed by atoms with Gasteiger partial charge in [-0.2, -0.15) is 4.91 Å². The molecule has 0 aromatic heterocycles. The van der Waals surface area contributed by atoms with Crippen molar-refractivity contribution in [3.63, 3.8) is 0 Å². The number of aliphatic carboxylic acids is 2. The van der Waals surface area contributed by atoms with Gasteiger partial charge in [-0.15, -0.1) is 0 Å². The summed E-state index contributed by atoms with van der Waals surface area (Å²) in [7, 11) is 0. The lowest BCUT2D eigenvalue weighted by Gasteiger charge is -2.34. The Kier molecular flexibility index (Phi) is 3.94. The molecule has 1 aliphatic rings. The molecule has 90 valence electrons. The lowest BCUT2D eigenvalue weighted by atomic mass is 9.77. The van der Waals surface area contributed by atoms with Crippen molar-refractivity contribution in [2.24, 2.45) is 11.1 Å². The summed E-state index contributed by atoms with van der Waals surface area (Å²) in [5, 5.41) is 20.5. The van der Waals surface area contributed by atoms with Crippen LogP contribution in [0.15, 0.2) is 5.18 Å². The fourth-order valence-electron chi connectivity index (χ4n) is 1.91. The molecular formula is C9H13NO6. The number of nitroso groups, excluding NO2 is 1. The number of carbonyl (C=O) groups is 2. The number of nitrogens with zero attached hydrogens (tertiary/aromatic N) is 1. The Bertz CT molecular complexity index is 296. The van der Waals surface area contributed by atoms with E-state index >= 15 is 0 Å². The zero-order valence-corrected chi connectivity index (χ0v) is 8.59. The van der Waals surface area contributed by atoms with Crippen LogP contribution in [0.4, 0.5) is 0 Å². The molecule has 0 bridgehead atoms. The van der Waals surface area contributed by atoms with Crippen LogP contribution >= 0.6 is 0 Å². The summed E-state index contributed by atoms with van der Waals surface area (Å²) < 4.78 is 5.02. The number of carboxylic acids is 2. The maximum atomic E-state index is 11.0. The van der Waals surface area contributed by atoms with Gasteiger partial charge in [0.1, 0.15) is 5.54 Å². The molecule has 0 aromatic rings. The minimum Gasteiger partial charge on any atom is -0.481 e. The van der Waals surface area contributed by atoms with E-state index in [-0.39, 0.29) is 26.1 Å². The molecule has 2 N–H and O–H groups in total. The highest BCUT2D eigenvalue weighted by atomic mass is 16.5. The van der Waals surface area contributed by atoms with Crippen LogP contribution in [0, 0.1) is 10.8 Å². The monoisotopic (exact) mass is 231 g/mol. The van der Waals surface area contributed by atoms with E-state index in [1.165, 1.54) is 0 Å². The molecule has 0 saturated carbocycles. The van der Waals surface area contributed by atoms with E-state index in [0.29, 0.717) is 0 Å². The molecular weight excluding hydrogens is 218 g/mol. The molecule has 1 heterocycles. The largest absolute Gasteiger partial charge is 0.481 e. The lowest BCUT2D eigenvalue weighted by Crippen LogP contribution is -2.46. The molecule has 0 aromatic carbocycles. The van der Waals surface area contributed by atoms with Gasteiger partial charge < -0.3 is 14.9 Å². The van der Waals surface area contributed by atoms with Crippen LogP contribution in [-0.4, -0.2) is 40.9 Å². The van der Waals surface area contributed by atoms with Crippen LogP contribution in [0.3, 0.4) is 0 Å². The highest BCUT2D eigenvalue weighted by Gasteiger charge is 2.47. The fraction of sp³-hybridized carbons (Fsp3) is 0.778. The van der Waals surface area contributed by atoms with E-state index in [1.807, 2.05) is 0 Å². The topological polar surface area (TPSA) is 113 Å². The van der Waals surface area contributed by atoms with E-state index in [0.717, 1.165) is 0 Å². The van der Waals surface area contributed by atoms with Gasteiger partial charge in [0.05, 0.1) is 12.3 Å². The first-order valence-electron chi connectivity index (χ1n) is 4.89. The highest BCUT2D eigenvalue weighted by molar-refractivity contribution is 5.79. The minimum atomic E-state index is -1.34. The Balaban J connectivity index is 2.91. The van der Waals surface area contributed by atoms with Gasteiger partial charge in [0.25, 0.3) is 0 Å². The van der Waals surface area contributed by atoms with Crippen LogP contribution in [0.25, 0.3) is 0 Å². The normalized spacial score (nSPS) is 21.0. The van der Waals surface area contributed by atoms with Gasteiger partial charge in [0, 0.05) is 26.1 Å². The third-order valence-electron chi connectivity index (χ3n) is 2.87. The zero-order chi connectivity index (χ0) is 12.2. The SMILES string of the molecule is O=NC1(C(CC(=O)O)C(=O)O)CCOCC1. The van der Waals surface area contributed by atoms with Crippen molar-refractivity contribution >= 4 is 11.9 Å². The molecule has 1 rings (SSSR count). The second-order valence-corrected chi connectivity index (χ2v) is 3.80. The average molecular weight is 231 g/mol. The summed E-state index contributed by atoms with van der Waals surface area (Å²) in [4.78, 5) is 32.4. The van der Waals surface area contributed by atoms with Crippen LogP contribution in [-0.2, 0) is 14.3 Å².